The largest absolute Gasteiger partial charge is 0.417 e. The lowest BCUT2D eigenvalue weighted by molar-refractivity contribution is -0.380. The number of hydrogen-bond acceptors (Lipinski definition) is 8. The van der Waals surface area contributed by atoms with Crippen molar-refractivity contribution >= 4 is 50.7 Å². The normalized spacial score (nSPS) is 11.6. The van der Waals surface area contributed by atoms with E-state index in [4.69, 9.17) is 11.6 Å². The molecule has 1 amide bonds. The van der Waals surface area contributed by atoms with Crippen molar-refractivity contribution in [1.82, 2.24) is 24.7 Å². The van der Waals surface area contributed by atoms with Crippen LogP contribution in [0.5, 0.6) is 0 Å². The Morgan fingerprint density at radius 2 is 1.81 bits per heavy atom. The van der Waals surface area contributed by atoms with Crippen molar-refractivity contribution in [3.8, 4) is 17.2 Å². The van der Waals surface area contributed by atoms with E-state index in [1.165, 1.54) is 23.0 Å². The number of hydrogen-bond donors (Lipinski definition) is 1. The summed E-state index contributed by atoms with van der Waals surface area (Å²) in [5.74, 6) is -0.407. The SMILES string of the molecule is O=C(Nc1nc(-c2ccc(Cl)cc2)nc2c1cnn2-c1ccc(C(F)(F)F)cn1)c1ccc([N+](=O)[O-])s1. The molecule has 0 bridgehead atoms. The second-order valence-electron chi connectivity index (χ2n) is 7.45. The Morgan fingerprint density at radius 3 is 2.43 bits per heavy atom. The number of pyridine rings is 1. The Balaban J connectivity index is 1.61. The summed E-state index contributed by atoms with van der Waals surface area (Å²) in [4.78, 5) is 36.1. The van der Waals surface area contributed by atoms with Gasteiger partial charge in [0.2, 0.25) is 0 Å². The molecular weight excluding hydrogens is 535 g/mol. The molecule has 0 atom stereocenters. The summed E-state index contributed by atoms with van der Waals surface area (Å²) in [7, 11) is 0. The molecule has 1 aromatic carbocycles. The van der Waals surface area contributed by atoms with Gasteiger partial charge >= 0.3 is 11.2 Å². The Kier molecular flexibility index (Phi) is 6.05. The first-order chi connectivity index (χ1) is 17.6. The molecule has 0 aliphatic heterocycles. The molecule has 5 aromatic rings. The van der Waals surface area contributed by atoms with Crippen molar-refractivity contribution in [2.24, 2.45) is 0 Å². The van der Waals surface area contributed by atoms with Gasteiger partial charge < -0.3 is 5.32 Å². The molecule has 10 nitrogen and oxygen atoms in total. The molecule has 0 aliphatic rings. The second-order valence-corrected chi connectivity index (χ2v) is 8.95. The average Bonchev–Trinajstić information content (AvgIpc) is 3.52. The lowest BCUT2D eigenvalue weighted by atomic mass is 10.2. The number of nitrogens with zero attached hydrogens (tertiary/aromatic N) is 6. The molecule has 4 aromatic heterocycles. The molecule has 37 heavy (non-hydrogen) atoms. The zero-order valence-corrected chi connectivity index (χ0v) is 19.7. The van der Waals surface area contributed by atoms with Crippen molar-refractivity contribution < 1.29 is 22.9 Å². The number of halogens is 4. The molecule has 5 rings (SSSR count). The van der Waals surface area contributed by atoms with Gasteiger partial charge in [0.25, 0.3) is 5.91 Å². The van der Waals surface area contributed by atoms with Crippen molar-refractivity contribution in [2.45, 2.75) is 6.18 Å². The van der Waals surface area contributed by atoms with Crippen molar-refractivity contribution in [3.63, 3.8) is 0 Å². The highest BCUT2D eigenvalue weighted by Gasteiger charge is 2.31. The third-order valence-corrected chi connectivity index (χ3v) is 6.34. The Morgan fingerprint density at radius 1 is 1.05 bits per heavy atom. The smallest absolute Gasteiger partial charge is 0.305 e. The maximum absolute atomic E-state index is 13.0. The monoisotopic (exact) mass is 545 g/mol. The van der Waals surface area contributed by atoms with Gasteiger partial charge in [0, 0.05) is 22.8 Å². The molecule has 0 fully saturated rings. The van der Waals surface area contributed by atoms with Gasteiger partial charge in [0.15, 0.2) is 17.3 Å². The first kappa shape index (κ1) is 24.3. The summed E-state index contributed by atoms with van der Waals surface area (Å²) in [6, 6.07) is 11.1. The van der Waals surface area contributed by atoms with Gasteiger partial charge in [-0.15, -0.1) is 0 Å². The predicted molar refractivity (Wildman–Crippen MR) is 129 cm³/mol. The zero-order chi connectivity index (χ0) is 26.3. The maximum Gasteiger partial charge on any atom is 0.417 e. The summed E-state index contributed by atoms with van der Waals surface area (Å²) >= 11 is 6.66. The summed E-state index contributed by atoms with van der Waals surface area (Å²) in [6.45, 7) is 0. The van der Waals surface area contributed by atoms with E-state index >= 15 is 0 Å². The number of fused-ring (bicyclic) bond motifs is 1. The number of alkyl halides is 3. The molecule has 0 saturated heterocycles. The van der Waals surface area contributed by atoms with Gasteiger partial charge in [0.05, 0.1) is 26.9 Å². The fourth-order valence-corrected chi connectivity index (χ4v) is 4.14. The highest BCUT2D eigenvalue weighted by atomic mass is 35.5. The van der Waals surface area contributed by atoms with Crippen LogP contribution in [-0.2, 0) is 6.18 Å². The molecule has 4 heterocycles. The summed E-state index contributed by atoms with van der Waals surface area (Å²) in [5, 5.41) is 18.3. The van der Waals surface area contributed by atoms with E-state index in [1.807, 2.05) is 0 Å². The Hall–Kier alpha value is -4.43. The third-order valence-electron chi connectivity index (χ3n) is 5.05. The van der Waals surface area contributed by atoms with Crippen LogP contribution in [0.2, 0.25) is 5.02 Å². The van der Waals surface area contributed by atoms with Gasteiger partial charge in [-0.1, -0.05) is 22.9 Å². The lowest BCUT2D eigenvalue weighted by Crippen LogP contribution is -2.13. The molecule has 186 valence electrons. The summed E-state index contributed by atoms with van der Waals surface area (Å²) < 4.78 is 40.1. The first-order valence-electron chi connectivity index (χ1n) is 10.2. The molecule has 0 saturated carbocycles. The number of nitro groups is 1. The van der Waals surface area contributed by atoms with E-state index in [9.17, 15) is 28.1 Å². The van der Waals surface area contributed by atoms with E-state index in [0.717, 1.165) is 12.1 Å². The minimum absolute atomic E-state index is 0.0363. The van der Waals surface area contributed by atoms with Crippen LogP contribution in [0.1, 0.15) is 15.2 Å². The Labute approximate surface area is 213 Å². The molecular formula is C22H11ClF3N7O3S. The van der Waals surface area contributed by atoms with Gasteiger partial charge in [-0.2, -0.15) is 23.0 Å². The van der Waals surface area contributed by atoms with Crippen LogP contribution in [0.15, 0.2) is 60.9 Å². The standard InChI is InChI=1S/C22H11ClF3N7O3S/c23-13-4-1-11(2-5-13)18-29-19(31-21(34)15-6-8-17(37-15)33(35)36)14-10-28-32(20(14)30-18)16-7-3-12(9-27-16)22(24,25)26/h1-10H,(H,29,30,31,34). The maximum atomic E-state index is 13.0. The number of amides is 1. The Bertz CT molecular complexity index is 1650. The fraction of sp³-hybridized carbons (Fsp3) is 0.0455. The number of nitrogens with one attached hydrogen (secondary N) is 1. The lowest BCUT2D eigenvalue weighted by Gasteiger charge is -2.10. The van der Waals surface area contributed by atoms with Crippen LogP contribution in [-0.4, -0.2) is 35.6 Å². The van der Waals surface area contributed by atoms with Gasteiger partial charge in [-0.05, 0) is 42.5 Å². The highest BCUT2D eigenvalue weighted by molar-refractivity contribution is 7.17. The van der Waals surface area contributed by atoms with Gasteiger partial charge in [-0.3, -0.25) is 14.9 Å². The summed E-state index contributed by atoms with van der Waals surface area (Å²) in [5.41, 5.74) is -0.247. The highest BCUT2D eigenvalue weighted by Crippen LogP contribution is 2.31. The molecule has 0 spiro atoms. The first-order valence-corrected chi connectivity index (χ1v) is 11.4. The van der Waals surface area contributed by atoms with Crippen molar-refractivity contribution in [2.75, 3.05) is 5.32 Å². The van der Waals surface area contributed by atoms with Crippen molar-refractivity contribution in [1.29, 1.82) is 0 Å². The topological polar surface area (TPSA) is 129 Å². The van der Waals surface area contributed by atoms with Crippen LogP contribution in [0.3, 0.4) is 0 Å². The predicted octanol–water partition coefficient (Wildman–Crippen LogP) is 5.77. The van der Waals surface area contributed by atoms with Crippen LogP contribution in [0, 0.1) is 10.1 Å². The van der Waals surface area contributed by atoms with E-state index < -0.39 is 22.6 Å². The van der Waals surface area contributed by atoms with E-state index in [1.54, 1.807) is 24.3 Å². The van der Waals surface area contributed by atoms with E-state index in [0.29, 0.717) is 28.1 Å². The van der Waals surface area contributed by atoms with Crippen LogP contribution >= 0.6 is 22.9 Å². The number of benzene rings is 1. The minimum atomic E-state index is -4.56. The fourth-order valence-electron chi connectivity index (χ4n) is 3.30. The van der Waals surface area contributed by atoms with Crippen LogP contribution in [0.4, 0.5) is 24.0 Å². The number of aromatic nitrogens is 5. The van der Waals surface area contributed by atoms with E-state index in [2.05, 4.69) is 25.4 Å². The molecule has 0 aliphatic carbocycles. The summed E-state index contributed by atoms with van der Waals surface area (Å²) in [6.07, 6.45) is -2.56. The number of rotatable bonds is 5. The molecule has 0 unspecified atom stereocenters. The van der Waals surface area contributed by atoms with Gasteiger partial charge in [0.1, 0.15) is 5.82 Å². The minimum Gasteiger partial charge on any atom is -0.305 e. The molecule has 15 heteroatoms. The van der Waals surface area contributed by atoms with E-state index in [-0.39, 0.29) is 38.4 Å². The number of anilines is 1. The number of carbonyl (C=O) groups excluding carboxylic acids is 1. The van der Waals surface area contributed by atoms with Crippen LogP contribution < -0.4 is 5.32 Å². The number of thiophene rings is 1. The molecule has 1 N–H and O–H groups in total. The molecule has 0 radical (unpaired) electrons. The number of carbonyl (C=O) groups is 1. The second kappa shape index (κ2) is 9.22. The van der Waals surface area contributed by atoms with Crippen molar-refractivity contribution in [3.05, 3.63) is 86.5 Å². The van der Waals surface area contributed by atoms with Gasteiger partial charge in [-0.25, -0.2) is 15.0 Å². The van der Waals surface area contributed by atoms with Crippen LogP contribution in [0.25, 0.3) is 28.2 Å². The third kappa shape index (κ3) is 4.83. The quantitative estimate of drug-likeness (QED) is 0.219. The average molecular weight is 546 g/mol. The zero-order valence-electron chi connectivity index (χ0n) is 18.1.